The standard InChI is InChI=1S/C15H30N2O3/c1-4-13-12-17(10-11-20-13)9-7-6-8-15(3,16)14(18)19-5-2/h13H,4-12,16H2,1-3H3. The number of nitrogens with two attached hydrogens (primary N) is 1. The van der Waals surface area contributed by atoms with Crippen molar-refractivity contribution in [3.8, 4) is 0 Å². The summed E-state index contributed by atoms with van der Waals surface area (Å²) in [5.41, 5.74) is 5.15. The predicted molar refractivity (Wildman–Crippen MR) is 79.5 cm³/mol. The Morgan fingerprint density at radius 1 is 1.45 bits per heavy atom. The number of esters is 1. The first-order valence-electron chi connectivity index (χ1n) is 7.79. The Bertz CT molecular complexity index is 295. The van der Waals surface area contributed by atoms with Crippen LogP contribution in [0, 0.1) is 0 Å². The molecule has 2 atom stereocenters. The van der Waals surface area contributed by atoms with Crippen molar-refractivity contribution >= 4 is 5.97 Å². The maximum Gasteiger partial charge on any atom is 0.325 e. The molecule has 0 aromatic heterocycles. The van der Waals surface area contributed by atoms with Crippen molar-refractivity contribution in [2.45, 2.75) is 58.1 Å². The van der Waals surface area contributed by atoms with Crippen LogP contribution in [0.2, 0.25) is 0 Å². The van der Waals surface area contributed by atoms with Crippen LogP contribution in [-0.2, 0) is 14.3 Å². The summed E-state index contributed by atoms with van der Waals surface area (Å²) in [6.45, 7) is 10.0. The summed E-state index contributed by atoms with van der Waals surface area (Å²) >= 11 is 0. The van der Waals surface area contributed by atoms with Gasteiger partial charge < -0.3 is 15.2 Å². The molecule has 1 rings (SSSR count). The van der Waals surface area contributed by atoms with E-state index in [1.165, 1.54) is 0 Å². The summed E-state index contributed by atoms with van der Waals surface area (Å²) in [7, 11) is 0. The van der Waals surface area contributed by atoms with E-state index in [9.17, 15) is 4.79 Å². The maximum atomic E-state index is 11.7. The first-order chi connectivity index (χ1) is 9.49. The molecule has 1 aliphatic heterocycles. The number of carbonyl (C=O) groups excluding carboxylic acids is 1. The Morgan fingerprint density at radius 2 is 2.20 bits per heavy atom. The summed E-state index contributed by atoms with van der Waals surface area (Å²) in [4.78, 5) is 14.1. The van der Waals surface area contributed by atoms with Crippen molar-refractivity contribution in [1.82, 2.24) is 4.90 Å². The third kappa shape index (κ3) is 5.77. The lowest BCUT2D eigenvalue weighted by molar-refractivity contribution is -0.149. The SMILES string of the molecule is CCOC(=O)C(C)(N)CCCCN1CCOC(CC)C1. The summed E-state index contributed by atoms with van der Waals surface area (Å²) < 4.78 is 10.6. The molecule has 0 aromatic carbocycles. The highest BCUT2D eigenvalue weighted by Crippen LogP contribution is 2.14. The molecule has 1 fully saturated rings. The third-order valence-corrected chi connectivity index (χ3v) is 3.84. The predicted octanol–water partition coefficient (Wildman–Crippen LogP) is 1.55. The molecule has 0 aliphatic carbocycles. The molecule has 0 saturated carbocycles. The molecule has 5 nitrogen and oxygen atoms in total. The van der Waals surface area contributed by atoms with Crippen molar-refractivity contribution in [3.05, 3.63) is 0 Å². The quantitative estimate of drug-likeness (QED) is 0.542. The summed E-state index contributed by atoms with van der Waals surface area (Å²) in [5.74, 6) is -0.294. The lowest BCUT2D eigenvalue weighted by atomic mass is 9.96. The zero-order chi connectivity index (χ0) is 15.0. The Hall–Kier alpha value is -0.650. The van der Waals surface area contributed by atoms with Gasteiger partial charge in [-0.2, -0.15) is 0 Å². The number of hydrogen-bond acceptors (Lipinski definition) is 5. The first-order valence-corrected chi connectivity index (χ1v) is 7.79. The molecule has 1 heterocycles. The fourth-order valence-electron chi connectivity index (χ4n) is 2.46. The molecule has 0 amide bonds. The minimum Gasteiger partial charge on any atom is -0.465 e. The number of rotatable bonds is 8. The Morgan fingerprint density at radius 3 is 2.85 bits per heavy atom. The van der Waals surface area contributed by atoms with Crippen LogP contribution in [0.25, 0.3) is 0 Å². The zero-order valence-corrected chi connectivity index (χ0v) is 13.2. The van der Waals surface area contributed by atoms with Gasteiger partial charge >= 0.3 is 5.97 Å². The molecular weight excluding hydrogens is 256 g/mol. The van der Waals surface area contributed by atoms with Crippen LogP contribution in [-0.4, -0.2) is 55.4 Å². The largest absolute Gasteiger partial charge is 0.465 e. The van der Waals surface area contributed by atoms with E-state index in [0.717, 1.165) is 45.5 Å². The molecular formula is C15H30N2O3. The van der Waals surface area contributed by atoms with Gasteiger partial charge in [0.1, 0.15) is 5.54 Å². The van der Waals surface area contributed by atoms with Crippen LogP contribution in [0.1, 0.15) is 46.5 Å². The highest BCUT2D eigenvalue weighted by molar-refractivity contribution is 5.79. The van der Waals surface area contributed by atoms with Crippen molar-refractivity contribution in [2.24, 2.45) is 5.73 Å². The molecule has 0 radical (unpaired) electrons. The Balaban J connectivity index is 2.19. The van der Waals surface area contributed by atoms with Gasteiger partial charge in [-0.05, 0) is 46.1 Å². The molecule has 5 heteroatoms. The minimum atomic E-state index is -0.854. The van der Waals surface area contributed by atoms with Gasteiger partial charge in [-0.1, -0.05) is 6.92 Å². The highest BCUT2D eigenvalue weighted by Gasteiger charge is 2.29. The van der Waals surface area contributed by atoms with E-state index >= 15 is 0 Å². The summed E-state index contributed by atoms with van der Waals surface area (Å²) in [6, 6.07) is 0. The molecule has 1 aliphatic rings. The second kappa shape index (κ2) is 8.60. The van der Waals surface area contributed by atoms with Crippen LogP contribution in [0.4, 0.5) is 0 Å². The smallest absolute Gasteiger partial charge is 0.325 e. The number of morpholine rings is 1. The topological polar surface area (TPSA) is 64.8 Å². The van der Waals surface area contributed by atoms with Crippen molar-refractivity contribution in [2.75, 3.05) is 32.8 Å². The fraction of sp³-hybridized carbons (Fsp3) is 0.933. The zero-order valence-electron chi connectivity index (χ0n) is 13.2. The average Bonchev–Trinajstić information content (AvgIpc) is 2.44. The van der Waals surface area contributed by atoms with Gasteiger partial charge in [-0.3, -0.25) is 9.69 Å². The molecule has 0 bridgehead atoms. The molecule has 0 aromatic rings. The number of unbranched alkanes of at least 4 members (excludes halogenated alkanes) is 1. The van der Waals surface area contributed by atoms with Crippen molar-refractivity contribution in [3.63, 3.8) is 0 Å². The van der Waals surface area contributed by atoms with Crippen molar-refractivity contribution < 1.29 is 14.3 Å². The van der Waals surface area contributed by atoms with Gasteiger partial charge in [0.25, 0.3) is 0 Å². The maximum absolute atomic E-state index is 11.7. The van der Waals surface area contributed by atoms with Crippen molar-refractivity contribution in [1.29, 1.82) is 0 Å². The van der Waals surface area contributed by atoms with E-state index in [1.54, 1.807) is 13.8 Å². The Labute approximate surface area is 122 Å². The van der Waals surface area contributed by atoms with E-state index in [0.29, 0.717) is 19.1 Å². The summed E-state index contributed by atoms with van der Waals surface area (Å²) in [6.07, 6.45) is 4.12. The number of nitrogens with zero attached hydrogens (tertiary/aromatic N) is 1. The van der Waals surface area contributed by atoms with Crippen LogP contribution in [0.15, 0.2) is 0 Å². The van der Waals surface area contributed by atoms with E-state index in [1.807, 2.05) is 0 Å². The normalized spacial score (nSPS) is 23.3. The van der Waals surface area contributed by atoms with Crippen LogP contribution in [0.3, 0.4) is 0 Å². The third-order valence-electron chi connectivity index (χ3n) is 3.84. The second-order valence-corrected chi connectivity index (χ2v) is 5.80. The van der Waals surface area contributed by atoms with Gasteiger partial charge in [0.2, 0.25) is 0 Å². The lowest BCUT2D eigenvalue weighted by Crippen LogP contribution is -2.46. The molecule has 2 N–H and O–H groups in total. The number of ether oxygens (including phenoxy) is 2. The lowest BCUT2D eigenvalue weighted by Gasteiger charge is -2.32. The highest BCUT2D eigenvalue weighted by atomic mass is 16.5. The molecule has 2 unspecified atom stereocenters. The molecule has 0 spiro atoms. The van der Waals surface area contributed by atoms with Gasteiger partial charge in [-0.15, -0.1) is 0 Å². The Kier molecular flexibility index (Phi) is 7.48. The monoisotopic (exact) mass is 286 g/mol. The van der Waals surface area contributed by atoms with Gasteiger partial charge in [0.05, 0.1) is 19.3 Å². The van der Waals surface area contributed by atoms with E-state index in [-0.39, 0.29) is 5.97 Å². The summed E-state index contributed by atoms with van der Waals surface area (Å²) in [5, 5.41) is 0. The average molecular weight is 286 g/mol. The van der Waals surface area contributed by atoms with E-state index in [2.05, 4.69) is 11.8 Å². The fourth-order valence-corrected chi connectivity index (χ4v) is 2.46. The van der Waals surface area contributed by atoms with Gasteiger partial charge in [0, 0.05) is 13.1 Å². The van der Waals surface area contributed by atoms with Crippen LogP contribution >= 0.6 is 0 Å². The van der Waals surface area contributed by atoms with Gasteiger partial charge in [0.15, 0.2) is 0 Å². The number of hydrogen-bond donors (Lipinski definition) is 1. The van der Waals surface area contributed by atoms with Crippen LogP contribution in [0.5, 0.6) is 0 Å². The van der Waals surface area contributed by atoms with E-state index in [4.69, 9.17) is 15.2 Å². The molecule has 1 saturated heterocycles. The first kappa shape index (κ1) is 17.4. The minimum absolute atomic E-state index is 0.294. The van der Waals surface area contributed by atoms with Gasteiger partial charge in [-0.25, -0.2) is 0 Å². The van der Waals surface area contributed by atoms with Crippen LogP contribution < -0.4 is 5.73 Å². The second-order valence-electron chi connectivity index (χ2n) is 5.80. The molecule has 20 heavy (non-hydrogen) atoms. The van der Waals surface area contributed by atoms with E-state index < -0.39 is 5.54 Å². The molecule has 118 valence electrons. The number of carbonyl (C=O) groups is 1.